The van der Waals surface area contributed by atoms with E-state index in [4.69, 9.17) is 4.74 Å². The second-order valence-electron chi connectivity index (χ2n) is 7.01. The van der Waals surface area contributed by atoms with Crippen molar-refractivity contribution >= 4 is 42.6 Å². The lowest BCUT2D eigenvalue weighted by molar-refractivity contribution is 0.0730. The molecule has 2 aromatic carbocycles. The third-order valence-electron chi connectivity index (χ3n) is 5.09. The van der Waals surface area contributed by atoms with Gasteiger partial charge in [0.15, 0.2) is 5.13 Å². The Bertz CT molecular complexity index is 1180. The number of para-hydroxylation sites is 1. The first-order chi connectivity index (χ1) is 14.4. The van der Waals surface area contributed by atoms with Gasteiger partial charge in [-0.25, -0.2) is 13.4 Å². The van der Waals surface area contributed by atoms with Gasteiger partial charge in [-0.3, -0.25) is 9.69 Å². The van der Waals surface area contributed by atoms with Crippen LogP contribution in [0.1, 0.15) is 22.8 Å². The number of aryl methyl sites for hydroxylation is 1. The van der Waals surface area contributed by atoms with Crippen LogP contribution in [0.3, 0.4) is 0 Å². The van der Waals surface area contributed by atoms with Gasteiger partial charge in [0.05, 0.1) is 28.3 Å². The minimum Gasteiger partial charge on any atom is -0.379 e. The fraction of sp³-hybridized carbons (Fsp3) is 0.333. The third-order valence-corrected chi connectivity index (χ3v) is 8.03. The summed E-state index contributed by atoms with van der Waals surface area (Å²) in [5, 5.41) is 0.605. The zero-order valence-electron chi connectivity index (χ0n) is 16.9. The van der Waals surface area contributed by atoms with Crippen LogP contribution in [0.15, 0.2) is 47.4 Å². The predicted octanol–water partition coefficient (Wildman–Crippen LogP) is 3.29. The summed E-state index contributed by atoms with van der Waals surface area (Å²) in [4.78, 5) is 19.6. The van der Waals surface area contributed by atoms with Crippen LogP contribution >= 0.6 is 11.3 Å². The number of benzene rings is 2. The van der Waals surface area contributed by atoms with E-state index in [2.05, 4.69) is 4.98 Å². The van der Waals surface area contributed by atoms with Crippen molar-refractivity contribution in [2.45, 2.75) is 18.7 Å². The number of thiazole rings is 1. The average Bonchev–Trinajstić information content (AvgIpc) is 3.20. The Labute approximate surface area is 179 Å². The number of sulfonamides is 1. The van der Waals surface area contributed by atoms with Crippen molar-refractivity contribution < 1.29 is 17.9 Å². The summed E-state index contributed by atoms with van der Waals surface area (Å²) in [7, 11) is -3.67. The maximum absolute atomic E-state index is 13.3. The van der Waals surface area contributed by atoms with Crippen molar-refractivity contribution in [2.75, 3.05) is 37.7 Å². The summed E-state index contributed by atoms with van der Waals surface area (Å²) in [6.07, 6.45) is 0. The van der Waals surface area contributed by atoms with Crippen LogP contribution < -0.4 is 4.90 Å². The first kappa shape index (κ1) is 20.9. The molecular weight excluding hydrogens is 422 g/mol. The number of rotatable bonds is 5. The molecule has 7 nitrogen and oxygen atoms in total. The van der Waals surface area contributed by atoms with E-state index in [-0.39, 0.29) is 10.8 Å². The number of anilines is 1. The molecule has 1 aliphatic heterocycles. The average molecular weight is 446 g/mol. The zero-order valence-corrected chi connectivity index (χ0v) is 18.5. The van der Waals surface area contributed by atoms with Crippen molar-refractivity contribution in [2.24, 2.45) is 0 Å². The molecule has 1 fully saturated rings. The van der Waals surface area contributed by atoms with Crippen LogP contribution in [-0.2, 0) is 14.8 Å². The molecule has 0 spiro atoms. The van der Waals surface area contributed by atoms with Crippen molar-refractivity contribution in [1.29, 1.82) is 0 Å². The number of aromatic nitrogens is 1. The van der Waals surface area contributed by atoms with Crippen LogP contribution in [-0.4, -0.2) is 56.5 Å². The topological polar surface area (TPSA) is 79.8 Å². The molecule has 1 amide bonds. The van der Waals surface area contributed by atoms with Gasteiger partial charge in [-0.2, -0.15) is 4.31 Å². The molecule has 0 unspecified atom stereocenters. The van der Waals surface area contributed by atoms with E-state index in [0.29, 0.717) is 43.5 Å². The Balaban J connectivity index is 1.66. The number of carbonyl (C=O) groups excluding carboxylic acids is 1. The molecule has 0 N–H and O–H groups in total. The normalized spacial score (nSPS) is 15.4. The van der Waals surface area contributed by atoms with Crippen LogP contribution in [0, 0.1) is 6.92 Å². The number of hydrogen-bond donors (Lipinski definition) is 0. The monoisotopic (exact) mass is 445 g/mol. The molecule has 30 heavy (non-hydrogen) atoms. The van der Waals surface area contributed by atoms with E-state index >= 15 is 0 Å². The van der Waals surface area contributed by atoms with E-state index in [9.17, 15) is 13.2 Å². The molecule has 1 aliphatic rings. The van der Waals surface area contributed by atoms with Gasteiger partial charge in [-0.05, 0) is 43.7 Å². The van der Waals surface area contributed by atoms with E-state index in [0.717, 1.165) is 15.8 Å². The molecule has 4 rings (SSSR count). The highest BCUT2D eigenvalue weighted by Gasteiger charge is 2.28. The SMILES string of the molecule is CCN(C(=O)c1cccc(S(=O)(=O)N2CCOCC2)c1)c1nc2c(C)cccc2s1. The van der Waals surface area contributed by atoms with E-state index in [1.54, 1.807) is 17.0 Å². The van der Waals surface area contributed by atoms with Gasteiger partial charge in [0.1, 0.15) is 0 Å². The third kappa shape index (κ3) is 3.85. The number of amides is 1. The maximum atomic E-state index is 13.3. The maximum Gasteiger partial charge on any atom is 0.260 e. The number of ether oxygens (including phenoxy) is 1. The van der Waals surface area contributed by atoms with Gasteiger partial charge in [0, 0.05) is 25.2 Å². The quantitative estimate of drug-likeness (QED) is 0.602. The molecule has 3 aromatic rings. The van der Waals surface area contributed by atoms with Gasteiger partial charge in [0.2, 0.25) is 10.0 Å². The summed E-state index contributed by atoms with van der Waals surface area (Å²) < 4.78 is 33.6. The highest BCUT2D eigenvalue weighted by atomic mass is 32.2. The Morgan fingerprint density at radius 2 is 1.93 bits per heavy atom. The summed E-state index contributed by atoms with van der Waals surface area (Å²) in [5.74, 6) is -0.270. The fourth-order valence-corrected chi connectivity index (χ4v) is 6.00. The molecule has 0 bridgehead atoms. The number of morpholine rings is 1. The molecule has 0 aliphatic carbocycles. The van der Waals surface area contributed by atoms with Crippen LogP contribution in [0.4, 0.5) is 5.13 Å². The summed E-state index contributed by atoms with van der Waals surface area (Å²) >= 11 is 1.45. The van der Waals surface area contributed by atoms with Crippen molar-refractivity contribution in [3.05, 3.63) is 53.6 Å². The lowest BCUT2D eigenvalue weighted by atomic mass is 10.2. The summed E-state index contributed by atoms with van der Waals surface area (Å²) in [6.45, 7) is 5.67. The lowest BCUT2D eigenvalue weighted by Crippen LogP contribution is -2.40. The summed E-state index contributed by atoms with van der Waals surface area (Å²) in [6, 6.07) is 12.2. The van der Waals surface area contributed by atoms with Crippen molar-refractivity contribution in [1.82, 2.24) is 9.29 Å². The number of carbonyl (C=O) groups is 1. The van der Waals surface area contributed by atoms with Gasteiger partial charge >= 0.3 is 0 Å². The predicted molar refractivity (Wildman–Crippen MR) is 118 cm³/mol. The standard InChI is InChI=1S/C21H23N3O4S2/c1-3-24(21-22-19-15(2)6-4-9-18(19)29-21)20(25)16-7-5-8-17(14-16)30(26,27)23-10-12-28-13-11-23/h4-9,14H,3,10-13H2,1-2H3. The second kappa shape index (κ2) is 8.43. The molecule has 9 heteroatoms. The largest absolute Gasteiger partial charge is 0.379 e. The molecule has 1 saturated heterocycles. The van der Waals surface area contributed by atoms with Gasteiger partial charge in [-0.15, -0.1) is 0 Å². The number of fused-ring (bicyclic) bond motifs is 1. The first-order valence-electron chi connectivity index (χ1n) is 9.78. The van der Waals surface area contributed by atoms with Crippen molar-refractivity contribution in [3.63, 3.8) is 0 Å². The Morgan fingerprint density at radius 3 is 2.63 bits per heavy atom. The van der Waals surface area contributed by atoms with Gasteiger partial charge in [0.25, 0.3) is 5.91 Å². The van der Waals surface area contributed by atoms with Crippen LogP contribution in [0.5, 0.6) is 0 Å². The minimum atomic E-state index is -3.67. The highest BCUT2D eigenvalue weighted by molar-refractivity contribution is 7.89. The van der Waals surface area contributed by atoms with Crippen molar-refractivity contribution in [3.8, 4) is 0 Å². The number of hydrogen-bond acceptors (Lipinski definition) is 6. The lowest BCUT2D eigenvalue weighted by Gasteiger charge is -2.26. The van der Waals surface area contributed by atoms with Crippen LogP contribution in [0.25, 0.3) is 10.2 Å². The first-order valence-corrected chi connectivity index (χ1v) is 12.0. The van der Waals surface area contributed by atoms with Crippen LogP contribution in [0.2, 0.25) is 0 Å². The molecule has 0 atom stereocenters. The van der Waals surface area contributed by atoms with E-state index in [1.165, 1.54) is 27.8 Å². The Kier molecular flexibility index (Phi) is 5.88. The smallest absolute Gasteiger partial charge is 0.260 e. The van der Waals surface area contributed by atoms with E-state index < -0.39 is 10.0 Å². The second-order valence-corrected chi connectivity index (χ2v) is 9.96. The minimum absolute atomic E-state index is 0.117. The molecular formula is C21H23N3O4S2. The number of nitrogens with zero attached hydrogens (tertiary/aromatic N) is 3. The van der Waals surface area contributed by atoms with Gasteiger partial charge < -0.3 is 4.74 Å². The molecule has 158 valence electrons. The summed E-state index contributed by atoms with van der Waals surface area (Å²) in [5.41, 5.74) is 2.26. The highest BCUT2D eigenvalue weighted by Crippen LogP contribution is 2.31. The molecule has 0 radical (unpaired) electrons. The zero-order chi connectivity index (χ0) is 21.3. The molecule has 0 saturated carbocycles. The Morgan fingerprint density at radius 1 is 1.20 bits per heavy atom. The molecule has 1 aromatic heterocycles. The van der Waals surface area contributed by atoms with E-state index in [1.807, 2.05) is 32.0 Å². The fourth-order valence-electron chi connectivity index (χ4n) is 3.44. The Hall–Kier alpha value is -2.33. The van der Waals surface area contributed by atoms with Gasteiger partial charge in [-0.1, -0.05) is 29.5 Å². The molecule has 2 heterocycles.